The molecule has 0 saturated heterocycles. The van der Waals surface area contributed by atoms with Crippen molar-refractivity contribution in [2.45, 2.75) is 32.1 Å². The zero-order chi connectivity index (χ0) is 15.4. The number of aromatic amines is 1. The van der Waals surface area contributed by atoms with Gasteiger partial charge in [-0.25, -0.2) is 9.97 Å². The third kappa shape index (κ3) is 1.85. The van der Waals surface area contributed by atoms with Crippen LogP contribution in [0, 0.1) is 19.1 Å². The first-order valence-corrected chi connectivity index (χ1v) is 7.93. The number of aromatic nitrogens is 5. The van der Waals surface area contributed by atoms with Crippen molar-refractivity contribution in [2.75, 3.05) is 0 Å². The Morgan fingerprint density at radius 3 is 2.96 bits per heavy atom. The molecular formula is C18H15N5. The number of fused-ring (bicyclic) bond motifs is 2. The van der Waals surface area contributed by atoms with Crippen LogP contribution in [0.1, 0.15) is 36.7 Å². The Kier molecular flexibility index (Phi) is 2.51. The standard InChI is InChI=1S/C18H15N5/c1-11-5-7-16-18(20-11)23(17(21-16)12-3-2-4-12)14-6-8-15-13(9-14)10-19-22-15/h5,7,9-10,12H,2-4H2,1H3,(H,19,22). The number of pyridine rings is 1. The molecule has 5 heteroatoms. The highest BCUT2D eigenvalue weighted by Gasteiger charge is 2.27. The fourth-order valence-electron chi connectivity index (χ4n) is 3.18. The molecule has 0 bridgehead atoms. The highest BCUT2D eigenvalue weighted by atomic mass is 15.1. The molecule has 1 saturated carbocycles. The van der Waals surface area contributed by atoms with Gasteiger partial charge in [-0.1, -0.05) is 6.42 Å². The van der Waals surface area contributed by atoms with E-state index in [-0.39, 0.29) is 0 Å². The molecule has 0 unspecified atom stereocenters. The van der Waals surface area contributed by atoms with Crippen LogP contribution < -0.4 is 0 Å². The molecule has 1 fully saturated rings. The summed E-state index contributed by atoms with van der Waals surface area (Å²) in [6.45, 7) is 2.01. The Morgan fingerprint density at radius 2 is 2.13 bits per heavy atom. The highest BCUT2D eigenvalue weighted by Crippen LogP contribution is 2.38. The molecule has 23 heavy (non-hydrogen) atoms. The van der Waals surface area contributed by atoms with E-state index in [0.717, 1.165) is 39.3 Å². The second-order valence-corrected chi connectivity index (χ2v) is 6.21. The maximum Gasteiger partial charge on any atom is 0.165 e. The first kappa shape index (κ1) is 12.7. The van der Waals surface area contributed by atoms with Crippen LogP contribution in [0.25, 0.3) is 27.8 Å². The van der Waals surface area contributed by atoms with Crippen molar-refractivity contribution < 1.29 is 0 Å². The number of hydrogen-bond acceptors (Lipinski definition) is 3. The van der Waals surface area contributed by atoms with Gasteiger partial charge in [0.25, 0.3) is 0 Å². The quantitative estimate of drug-likeness (QED) is 0.616. The summed E-state index contributed by atoms with van der Waals surface area (Å²) in [5.74, 6) is 1.61. The largest absolute Gasteiger partial charge is 0.272 e. The molecule has 0 aliphatic heterocycles. The lowest BCUT2D eigenvalue weighted by atomic mass is 9.85. The zero-order valence-corrected chi connectivity index (χ0v) is 12.8. The molecule has 1 N–H and O–H groups in total. The predicted octanol–water partition coefficient (Wildman–Crippen LogP) is 3.47. The molecular weight excluding hydrogens is 286 g/mol. The summed E-state index contributed by atoms with van der Waals surface area (Å²) in [6, 6.07) is 12.5. The van der Waals surface area contributed by atoms with Crippen molar-refractivity contribution in [3.63, 3.8) is 0 Å². The van der Waals surface area contributed by atoms with E-state index < -0.39 is 0 Å². The van der Waals surface area contributed by atoms with Gasteiger partial charge in [0.1, 0.15) is 22.5 Å². The third-order valence-electron chi connectivity index (χ3n) is 4.66. The van der Waals surface area contributed by atoms with Crippen LogP contribution in [-0.2, 0) is 0 Å². The Bertz CT molecular complexity index is 1020. The summed E-state index contributed by atoms with van der Waals surface area (Å²) < 4.78 is 2.15. The summed E-state index contributed by atoms with van der Waals surface area (Å²) in [4.78, 5) is 9.59. The van der Waals surface area contributed by atoms with E-state index in [0.29, 0.717) is 5.92 Å². The molecule has 0 spiro atoms. The van der Waals surface area contributed by atoms with E-state index >= 15 is 0 Å². The average Bonchev–Trinajstić information content (AvgIpc) is 3.08. The minimum atomic E-state index is 0.512. The second kappa shape index (κ2) is 4.56. The number of imidazole rings is 1. The van der Waals surface area contributed by atoms with E-state index in [9.17, 15) is 0 Å². The Morgan fingerprint density at radius 1 is 1.22 bits per heavy atom. The van der Waals surface area contributed by atoms with Crippen LogP contribution in [0.2, 0.25) is 0 Å². The molecule has 5 rings (SSSR count). The molecule has 1 aliphatic carbocycles. The summed E-state index contributed by atoms with van der Waals surface area (Å²) >= 11 is 0. The van der Waals surface area contributed by atoms with Crippen molar-refractivity contribution in [1.82, 2.24) is 24.7 Å². The summed E-state index contributed by atoms with van der Waals surface area (Å²) in [5, 5.41) is 8.01. The summed E-state index contributed by atoms with van der Waals surface area (Å²) in [5.41, 5.74) is 4.64. The number of H-pyrrole nitrogens is 1. The molecule has 0 radical (unpaired) electrons. The van der Waals surface area contributed by atoms with E-state index in [4.69, 9.17) is 9.97 Å². The lowest BCUT2D eigenvalue weighted by molar-refractivity contribution is 0.399. The Balaban J connectivity index is 1.81. The van der Waals surface area contributed by atoms with E-state index in [1.165, 1.54) is 19.3 Å². The van der Waals surface area contributed by atoms with Crippen molar-refractivity contribution in [2.24, 2.45) is 0 Å². The molecule has 1 aliphatic rings. The van der Waals surface area contributed by atoms with Gasteiger partial charge >= 0.3 is 0 Å². The number of rotatable bonds is 2. The molecule has 0 amide bonds. The van der Waals surface area contributed by atoms with Gasteiger partial charge in [0.15, 0.2) is 5.65 Å². The molecule has 5 nitrogen and oxygen atoms in total. The van der Waals surface area contributed by atoms with E-state index in [2.05, 4.69) is 39.0 Å². The van der Waals surface area contributed by atoms with Crippen molar-refractivity contribution in [3.05, 3.63) is 48.0 Å². The molecule has 3 aromatic heterocycles. The van der Waals surface area contributed by atoms with Crippen LogP contribution in [0.15, 0.2) is 24.4 Å². The minimum Gasteiger partial charge on any atom is -0.272 e. The van der Waals surface area contributed by atoms with Gasteiger partial charge in [-0.05, 0) is 50.1 Å². The molecule has 1 aromatic carbocycles. The third-order valence-corrected chi connectivity index (χ3v) is 4.66. The highest BCUT2D eigenvalue weighted by molar-refractivity contribution is 5.80. The van der Waals surface area contributed by atoms with Gasteiger partial charge < -0.3 is 0 Å². The number of aryl methyl sites for hydroxylation is 1. The number of hydrogen-bond donors (Lipinski definition) is 1. The fraction of sp³-hybridized carbons (Fsp3) is 0.278. The predicted molar refractivity (Wildman–Crippen MR) is 87.5 cm³/mol. The van der Waals surface area contributed by atoms with Crippen LogP contribution in [0.3, 0.4) is 0 Å². The van der Waals surface area contributed by atoms with Gasteiger partial charge in [0, 0.05) is 17.0 Å². The lowest BCUT2D eigenvalue weighted by Crippen LogP contribution is -2.14. The molecule has 112 valence electrons. The smallest absolute Gasteiger partial charge is 0.165 e. The van der Waals surface area contributed by atoms with Crippen molar-refractivity contribution in [1.29, 1.82) is 0 Å². The van der Waals surface area contributed by atoms with E-state index in [1.807, 2.05) is 19.2 Å². The van der Waals surface area contributed by atoms with Crippen LogP contribution in [-0.4, -0.2) is 24.7 Å². The molecule has 0 atom stereocenters. The van der Waals surface area contributed by atoms with Gasteiger partial charge in [-0.3, -0.25) is 9.67 Å². The monoisotopic (exact) mass is 301 g/mol. The Hall–Kier alpha value is -2.87. The first-order chi connectivity index (χ1) is 11.3. The summed E-state index contributed by atoms with van der Waals surface area (Å²) in [6.07, 6.45) is 5.47. The average molecular weight is 301 g/mol. The first-order valence-electron chi connectivity index (χ1n) is 7.93. The van der Waals surface area contributed by atoms with Crippen molar-refractivity contribution in [3.8, 4) is 5.69 Å². The number of nitrogens with zero attached hydrogens (tertiary/aromatic N) is 4. The topological polar surface area (TPSA) is 59.4 Å². The minimum absolute atomic E-state index is 0.512. The number of nitrogens with one attached hydrogen (secondary N) is 1. The summed E-state index contributed by atoms with van der Waals surface area (Å²) in [7, 11) is 0. The zero-order valence-electron chi connectivity index (χ0n) is 12.8. The van der Waals surface area contributed by atoms with Gasteiger partial charge in [-0.15, -0.1) is 0 Å². The normalized spacial score (nSPS) is 15.0. The van der Waals surface area contributed by atoms with Crippen LogP contribution >= 0.6 is 0 Å². The SMILES string of the molecule is Cc1ccc2nc(C3CCC3)n(-c3c#cc4[nH]ncc4c3)c2n1. The molecule has 4 aromatic rings. The maximum absolute atomic E-state index is 4.86. The lowest BCUT2D eigenvalue weighted by Gasteiger charge is -2.25. The Labute approximate surface area is 133 Å². The van der Waals surface area contributed by atoms with Crippen LogP contribution in [0.5, 0.6) is 0 Å². The van der Waals surface area contributed by atoms with Gasteiger partial charge in [0.2, 0.25) is 0 Å². The molecule has 3 heterocycles. The second-order valence-electron chi connectivity index (χ2n) is 6.21. The van der Waals surface area contributed by atoms with Gasteiger partial charge in [-0.2, -0.15) is 5.10 Å². The van der Waals surface area contributed by atoms with Gasteiger partial charge in [0.05, 0.1) is 6.20 Å². The maximum atomic E-state index is 4.86. The fourth-order valence-corrected chi connectivity index (χ4v) is 3.18. The van der Waals surface area contributed by atoms with E-state index in [1.54, 1.807) is 0 Å². The van der Waals surface area contributed by atoms with Crippen molar-refractivity contribution >= 4 is 22.1 Å². The van der Waals surface area contributed by atoms with Crippen LogP contribution in [0.4, 0.5) is 0 Å².